The summed E-state index contributed by atoms with van der Waals surface area (Å²) in [6.45, 7) is 3.92. The summed E-state index contributed by atoms with van der Waals surface area (Å²) >= 11 is 0. The number of rotatable bonds is 2. The van der Waals surface area contributed by atoms with E-state index in [4.69, 9.17) is 4.74 Å². The Morgan fingerprint density at radius 1 is 1.11 bits per heavy atom. The minimum Gasteiger partial charge on any atom is -0.481 e. The van der Waals surface area contributed by atoms with E-state index in [1.54, 1.807) is 19.4 Å². The van der Waals surface area contributed by atoms with Crippen LogP contribution < -0.4 is 4.74 Å². The van der Waals surface area contributed by atoms with E-state index in [9.17, 15) is 0 Å². The molecular weight excluding hydrogens is 240 g/mol. The highest BCUT2D eigenvalue weighted by atomic mass is 16.5. The number of hydrogen-bond acceptors (Lipinski definition) is 4. The zero-order valence-corrected chi connectivity index (χ0v) is 11.1. The molecule has 0 radical (unpaired) electrons. The van der Waals surface area contributed by atoms with E-state index in [0.717, 1.165) is 28.0 Å². The van der Waals surface area contributed by atoms with E-state index in [1.807, 2.05) is 19.9 Å². The van der Waals surface area contributed by atoms with Crippen LogP contribution in [0.2, 0.25) is 0 Å². The molecule has 5 nitrogen and oxygen atoms in total. The second-order valence-corrected chi connectivity index (χ2v) is 4.49. The maximum Gasteiger partial charge on any atom is 0.216 e. The van der Waals surface area contributed by atoms with Crippen molar-refractivity contribution in [2.45, 2.75) is 13.8 Å². The molecule has 3 heterocycles. The van der Waals surface area contributed by atoms with Crippen LogP contribution in [-0.2, 0) is 0 Å². The SMILES string of the molecule is COc1cc(C)nc(-c2cnc3[nH]c(C)cc3c2)n1. The molecule has 0 spiro atoms. The minimum atomic E-state index is 0.563. The standard InChI is InChI=1S/C14H14N4O/c1-8-4-10-6-11(7-15-13(10)16-8)14-17-9(2)5-12(18-14)19-3/h4-7H,1-3H3,(H,15,16). The first-order valence-corrected chi connectivity index (χ1v) is 6.01. The molecule has 3 aromatic heterocycles. The summed E-state index contributed by atoms with van der Waals surface area (Å²) in [6.07, 6.45) is 1.77. The van der Waals surface area contributed by atoms with Crippen molar-refractivity contribution in [3.8, 4) is 17.3 Å². The van der Waals surface area contributed by atoms with Crippen LogP contribution in [0.3, 0.4) is 0 Å². The van der Waals surface area contributed by atoms with Crippen LogP contribution >= 0.6 is 0 Å². The van der Waals surface area contributed by atoms with Gasteiger partial charge < -0.3 is 9.72 Å². The molecule has 0 saturated carbocycles. The normalized spacial score (nSPS) is 10.9. The van der Waals surface area contributed by atoms with Crippen molar-refractivity contribution in [2.75, 3.05) is 7.11 Å². The molecular formula is C14H14N4O. The van der Waals surface area contributed by atoms with Gasteiger partial charge in [0.1, 0.15) is 5.65 Å². The number of ether oxygens (including phenoxy) is 1. The Kier molecular flexibility index (Phi) is 2.67. The van der Waals surface area contributed by atoms with Gasteiger partial charge >= 0.3 is 0 Å². The number of fused-ring (bicyclic) bond motifs is 1. The highest BCUT2D eigenvalue weighted by Crippen LogP contribution is 2.22. The summed E-state index contributed by atoms with van der Waals surface area (Å²) in [6, 6.07) is 5.88. The van der Waals surface area contributed by atoms with Crippen molar-refractivity contribution in [3.05, 3.63) is 35.8 Å². The summed E-state index contributed by atoms with van der Waals surface area (Å²) in [7, 11) is 1.60. The van der Waals surface area contributed by atoms with Crippen LogP contribution in [0, 0.1) is 13.8 Å². The molecule has 3 aromatic rings. The number of nitrogens with zero attached hydrogens (tertiary/aromatic N) is 3. The number of hydrogen-bond donors (Lipinski definition) is 1. The number of aromatic amines is 1. The van der Waals surface area contributed by atoms with Gasteiger partial charge in [-0.15, -0.1) is 0 Å². The van der Waals surface area contributed by atoms with Gasteiger partial charge in [0, 0.05) is 34.6 Å². The molecule has 0 aromatic carbocycles. The summed E-state index contributed by atoms with van der Waals surface area (Å²) < 4.78 is 5.17. The van der Waals surface area contributed by atoms with E-state index in [2.05, 4.69) is 26.0 Å². The monoisotopic (exact) mass is 254 g/mol. The quantitative estimate of drug-likeness (QED) is 0.763. The fraction of sp³-hybridized carbons (Fsp3) is 0.214. The van der Waals surface area contributed by atoms with Crippen LogP contribution in [-0.4, -0.2) is 27.0 Å². The first-order chi connectivity index (χ1) is 9.15. The zero-order valence-electron chi connectivity index (χ0n) is 11.1. The predicted octanol–water partition coefficient (Wildman–Crippen LogP) is 2.65. The number of H-pyrrole nitrogens is 1. The Morgan fingerprint density at radius 3 is 2.74 bits per heavy atom. The van der Waals surface area contributed by atoms with Crippen molar-refractivity contribution in [1.29, 1.82) is 0 Å². The Morgan fingerprint density at radius 2 is 1.95 bits per heavy atom. The molecule has 0 atom stereocenters. The van der Waals surface area contributed by atoms with Gasteiger partial charge in [-0.25, -0.2) is 9.97 Å². The third-order valence-corrected chi connectivity index (χ3v) is 2.90. The highest BCUT2D eigenvalue weighted by Gasteiger charge is 2.08. The van der Waals surface area contributed by atoms with Crippen molar-refractivity contribution in [3.63, 3.8) is 0 Å². The van der Waals surface area contributed by atoms with Crippen LogP contribution in [0.5, 0.6) is 5.88 Å². The fourth-order valence-electron chi connectivity index (χ4n) is 2.05. The van der Waals surface area contributed by atoms with Gasteiger partial charge in [0.15, 0.2) is 5.82 Å². The molecule has 3 rings (SSSR count). The van der Waals surface area contributed by atoms with Crippen molar-refractivity contribution in [1.82, 2.24) is 19.9 Å². The number of aryl methyl sites for hydroxylation is 2. The minimum absolute atomic E-state index is 0.563. The predicted molar refractivity (Wildman–Crippen MR) is 73.1 cm³/mol. The van der Waals surface area contributed by atoms with Crippen LogP contribution in [0.15, 0.2) is 24.4 Å². The lowest BCUT2D eigenvalue weighted by molar-refractivity contribution is 0.397. The smallest absolute Gasteiger partial charge is 0.216 e. The van der Waals surface area contributed by atoms with Gasteiger partial charge in [-0.05, 0) is 26.0 Å². The molecule has 19 heavy (non-hydrogen) atoms. The van der Waals surface area contributed by atoms with Gasteiger partial charge in [-0.1, -0.05) is 0 Å². The van der Waals surface area contributed by atoms with E-state index in [1.165, 1.54) is 0 Å². The average Bonchev–Trinajstić information content (AvgIpc) is 2.76. The van der Waals surface area contributed by atoms with Crippen LogP contribution in [0.25, 0.3) is 22.4 Å². The van der Waals surface area contributed by atoms with E-state index in [-0.39, 0.29) is 0 Å². The second kappa shape index (κ2) is 4.35. The Hall–Kier alpha value is -2.43. The lowest BCUT2D eigenvalue weighted by Crippen LogP contribution is -1.96. The lowest BCUT2D eigenvalue weighted by atomic mass is 10.2. The maximum absolute atomic E-state index is 5.17. The number of methoxy groups -OCH3 is 1. The van der Waals surface area contributed by atoms with Crippen LogP contribution in [0.4, 0.5) is 0 Å². The molecule has 0 fully saturated rings. The molecule has 0 saturated heterocycles. The Balaban J connectivity index is 2.15. The van der Waals surface area contributed by atoms with Gasteiger partial charge in [-0.2, -0.15) is 4.98 Å². The summed E-state index contributed by atoms with van der Waals surface area (Å²) in [5.74, 6) is 1.19. The molecule has 0 amide bonds. The molecule has 0 aliphatic heterocycles. The number of pyridine rings is 1. The number of nitrogens with one attached hydrogen (secondary N) is 1. The molecule has 0 aliphatic rings. The maximum atomic E-state index is 5.17. The fourth-order valence-corrected chi connectivity index (χ4v) is 2.05. The lowest BCUT2D eigenvalue weighted by Gasteiger charge is -2.04. The Bertz CT molecular complexity index is 748. The highest BCUT2D eigenvalue weighted by molar-refractivity contribution is 5.80. The average molecular weight is 254 g/mol. The zero-order chi connectivity index (χ0) is 13.4. The summed E-state index contributed by atoms with van der Waals surface area (Å²) in [5, 5.41) is 1.05. The molecule has 5 heteroatoms. The van der Waals surface area contributed by atoms with Crippen molar-refractivity contribution < 1.29 is 4.74 Å². The number of aromatic nitrogens is 4. The molecule has 0 aliphatic carbocycles. The third-order valence-electron chi connectivity index (χ3n) is 2.90. The molecule has 0 unspecified atom stereocenters. The van der Waals surface area contributed by atoms with Crippen molar-refractivity contribution in [2.24, 2.45) is 0 Å². The summed E-state index contributed by atoms with van der Waals surface area (Å²) in [5.41, 5.74) is 3.71. The first-order valence-electron chi connectivity index (χ1n) is 6.01. The molecule has 1 N–H and O–H groups in total. The Labute approximate surface area is 110 Å². The van der Waals surface area contributed by atoms with E-state index in [0.29, 0.717) is 11.7 Å². The third kappa shape index (κ3) is 2.14. The largest absolute Gasteiger partial charge is 0.481 e. The molecule has 0 bridgehead atoms. The van der Waals surface area contributed by atoms with Crippen molar-refractivity contribution >= 4 is 11.0 Å². The van der Waals surface area contributed by atoms with Gasteiger partial charge in [0.25, 0.3) is 0 Å². The van der Waals surface area contributed by atoms with E-state index >= 15 is 0 Å². The second-order valence-electron chi connectivity index (χ2n) is 4.49. The van der Waals surface area contributed by atoms with E-state index < -0.39 is 0 Å². The van der Waals surface area contributed by atoms with Gasteiger partial charge in [0.2, 0.25) is 5.88 Å². The molecule has 96 valence electrons. The first kappa shape index (κ1) is 11.6. The van der Waals surface area contributed by atoms with Crippen LogP contribution in [0.1, 0.15) is 11.4 Å². The topological polar surface area (TPSA) is 63.7 Å². The van der Waals surface area contributed by atoms with Gasteiger partial charge in [-0.3, -0.25) is 0 Å². The van der Waals surface area contributed by atoms with Gasteiger partial charge in [0.05, 0.1) is 7.11 Å². The summed E-state index contributed by atoms with van der Waals surface area (Å²) in [4.78, 5) is 16.4.